The average molecular weight is 366 g/mol. The number of carbonyl (C=O) groups is 2. The first-order chi connectivity index (χ1) is 11.9. The molecule has 0 radical (unpaired) electrons. The molecule has 3 rings (SSSR count). The van der Waals surface area contributed by atoms with Gasteiger partial charge in [-0.1, -0.05) is 0 Å². The highest BCUT2D eigenvalue weighted by Gasteiger charge is 2.37. The van der Waals surface area contributed by atoms with Gasteiger partial charge in [0.15, 0.2) is 5.52 Å². The summed E-state index contributed by atoms with van der Waals surface area (Å²) in [6.07, 6.45) is -0.0846. The minimum absolute atomic E-state index is 0.0824. The van der Waals surface area contributed by atoms with Crippen LogP contribution in [0.4, 0.5) is 5.69 Å². The molecule has 0 spiro atoms. The van der Waals surface area contributed by atoms with Crippen molar-refractivity contribution in [2.75, 3.05) is 13.7 Å². The standard InChI is InChI=1S/C14H14N4O6S/c1-24-9-4-8(5-12(19)20)17(6-9)14(21)7-2-10-13(16-25-15-10)11(3-7)18(22)23/h2-3,8-9H,4-6H2,1H3,(H,19,20). The van der Waals surface area contributed by atoms with Gasteiger partial charge < -0.3 is 14.7 Å². The Bertz CT molecular complexity index is 853. The Hall–Kier alpha value is -2.66. The molecule has 25 heavy (non-hydrogen) atoms. The third-order valence-corrected chi connectivity index (χ3v) is 4.71. The number of aliphatic carboxylic acids is 1. The van der Waals surface area contributed by atoms with Crippen molar-refractivity contribution in [3.63, 3.8) is 0 Å². The van der Waals surface area contributed by atoms with E-state index in [1.807, 2.05) is 0 Å². The van der Waals surface area contributed by atoms with Crippen LogP contribution in [0.2, 0.25) is 0 Å². The molecule has 1 aliphatic rings. The lowest BCUT2D eigenvalue weighted by Gasteiger charge is -2.23. The van der Waals surface area contributed by atoms with Gasteiger partial charge in [-0.25, -0.2) is 0 Å². The van der Waals surface area contributed by atoms with Gasteiger partial charge in [0.1, 0.15) is 5.52 Å². The van der Waals surface area contributed by atoms with Gasteiger partial charge in [0, 0.05) is 31.3 Å². The third kappa shape index (κ3) is 3.28. The number of fused-ring (bicyclic) bond motifs is 1. The summed E-state index contributed by atoms with van der Waals surface area (Å²) in [5, 5.41) is 20.3. The molecule has 2 aromatic rings. The van der Waals surface area contributed by atoms with Crippen molar-refractivity contribution < 1.29 is 24.4 Å². The number of nitro groups is 1. The van der Waals surface area contributed by atoms with Crippen LogP contribution < -0.4 is 0 Å². The van der Waals surface area contributed by atoms with Crippen LogP contribution in [-0.4, -0.2) is 61.4 Å². The fourth-order valence-electron chi connectivity index (χ4n) is 2.99. The molecule has 0 saturated carbocycles. The fraction of sp³-hybridized carbons (Fsp3) is 0.429. The molecule has 0 bridgehead atoms. The van der Waals surface area contributed by atoms with E-state index in [-0.39, 0.29) is 41.4 Å². The molecule has 1 saturated heterocycles. The summed E-state index contributed by atoms with van der Waals surface area (Å²) in [7, 11) is 1.49. The highest BCUT2D eigenvalue weighted by molar-refractivity contribution is 7.00. The zero-order chi connectivity index (χ0) is 18.1. The Balaban J connectivity index is 1.97. The minimum atomic E-state index is -1.02. The van der Waals surface area contributed by atoms with Gasteiger partial charge >= 0.3 is 5.97 Å². The zero-order valence-corrected chi connectivity index (χ0v) is 13.9. The van der Waals surface area contributed by atoms with Gasteiger partial charge in [0.05, 0.1) is 29.2 Å². The lowest BCUT2D eigenvalue weighted by Crippen LogP contribution is -2.37. The van der Waals surface area contributed by atoms with Crippen LogP contribution in [0.5, 0.6) is 0 Å². The van der Waals surface area contributed by atoms with Crippen LogP contribution in [0.3, 0.4) is 0 Å². The van der Waals surface area contributed by atoms with Crippen molar-refractivity contribution in [2.45, 2.75) is 25.0 Å². The van der Waals surface area contributed by atoms with Crippen molar-refractivity contribution in [1.82, 2.24) is 13.6 Å². The van der Waals surface area contributed by atoms with Gasteiger partial charge in [0.25, 0.3) is 11.6 Å². The Morgan fingerprint density at radius 3 is 2.88 bits per heavy atom. The van der Waals surface area contributed by atoms with E-state index in [1.54, 1.807) is 0 Å². The van der Waals surface area contributed by atoms with Crippen LogP contribution in [0.1, 0.15) is 23.2 Å². The first kappa shape index (κ1) is 17.2. The van der Waals surface area contributed by atoms with Crippen molar-refractivity contribution in [2.24, 2.45) is 0 Å². The number of likely N-dealkylation sites (tertiary alicyclic amines) is 1. The molecule has 132 valence electrons. The van der Waals surface area contributed by atoms with Crippen molar-refractivity contribution in [1.29, 1.82) is 0 Å². The molecule has 1 aliphatic heterocycles. The number of nitrogens with zero attached hydrogens (tertiary/aromatic N) is 4. The normalized spacial score (nSPS) is 20.1. The van der Waals surface area contributed by atoms with Crippen LogP contribution in [0, 0.1) is 10.1 Å². The fourth-order valence-corrected chi connectivity index (χ4v) is 3.53. The summed E-state index contributed by atoms with van der Waals surface area (Å²) >= 11 is 0.823. The van der Waals surface area contributed by atoms with Crippen LogP contribution in [0.15, 0.2) is 12.1 Å². The number of carbonyl (C=O) groups excluding carboxylic acids is 1. The summed E-state index contributed by atoms with van der Waals surface area (Å²) in [6.45, 7) is 0.231. The zero-order valence-electron chi connectivity index (χ0n) is 13.1. The summed E-state index contributed by atoms with van der Waals surface area (Å²) < 4.78 is 13.1. The van der Waals surface area contributed by atoms with E-state index >= 15 is 0 Å². The van der Waals surface area contributed by atoms with E-state index in [2.05, 4.69) is 8.75 Å². The van der Waals surface area contributed by atoms with Gasteiger partial charge in [-0.3, -0.25) is 19.7 Å². The SMILES string of the molecule is COC1CC(CC(=O)O)N(C(=O)c2cc([N+](=O)[O-])c3nsnc3c2)C1. The molecular weight excluding hydrogens is 352 g/mol. The van der Waals surface area contributed by atoms with Gasteiger partial charge in [0.2, 0.25) is 0 Å². The largest absolute Gasteiger partial charge is 0.481 e. The maximum atomic E-state index is 12.9. The molecule has 0 aliphatic carbocycles. The first-order valence-corrected chi connectivity index (χ1v) is 8.10. The molecular formula is C14H14N4O6S. The van der Waals surface area contributed by atoms with E-state index < -0.39 is 22.8 Å². The number of aromatic nitrogens is 2. The smallest absolute Gasteiger partial charge is 0.305 e. The highest BCUT2D eigenvalue weighted by Crippen LogP contribution is 2.29. The number of hydrogen-bond acceptors (Lipinski definition) is 8. The number of carboxylic acids is 1. The number of rotatable bonds is 5. The Labute approximate surface area is 145 Å². The second-order valence-electron chi connectivity index (χ2n) is 5.69. The molecule has 1 amide bonds. The van der Waals surface area contributed by atoms with Crippen LogP contribution >= 0.6 is 11.7 Å². The number of carboxylic acid groups (broad SMARTS) is 1. The van der Waals surface area contributed by atoms with E-state index in [0.29, 0.717) is 6.42 Å². The van der Waals surface area contributed by atoms with Gasteiger partial charge in [-0.05, 0) is 12.5 Å². The second-order valence-corrected chi connectivity index (χ2v) is 6.22. The predicted molar refractivity (Wildman–Crippen MR) is 86.6 cm³/mol. The van der Waals surface area contributed by atoms with Crippen molar-refractivity contribution in [3.8, 4) is 0 Å². The minimum Gasteiger partial charge on any atom is -0.481 e. The third-order valence-electron chi connectivity index (χ3n) is 4.17. The number of hydrogen-bond donors (Lipinski definition) is 1. The number of benzene rings is 1. The Kier molecular flexibility index (Phi) is 4.59. The topological polar surface area (TPSA) is 136 Å². The van der Waals surface area contributed by atoms with Crippen molar-refractivity contribution >= 4 is 40.3 Å². The monoisotopic (exact) mass is 366 g/mol. The molecule has 1 aromatic carbocycles. The maximum absolute atomic E-state index is 12.9. The van der Waals surface area contributed by atoms with Crippen LogP contribution in [-0.2, 0) is 9.53 Å². The quantitative estimate of drug-likeness (QED) is 0.618. The summed E-state index contributed by atoms with van der Waals surface area (Å²) in [6, 6.07) is 2.06. The molecule has 2 atom stereocenters. The Morgan fingerprint density at radius 1 is 1.48 bits per heavy atom. The molecule has 2 unspecified atom stereocenters. The summed E-state index contributed by atoms with van der Waals surface area (Å²) in [4.78, 5) is 35.9. The summed E-state index contributed by atoms with van der Waals surface area (Å²) in [5.74, 6) is -1.51. The lowest BCUT2D eigenvalue weighted by molar-refractivity contribution is -0.383. The van der Waals surface area contributed by atoms with Crippen molar-refractivity contribution in [3.05, 3.63) is 27.8 Å². The van der Waals surface area contributed by atoms with E-state index in [1.165, 1.54) is 18.1 Å². The summed E-state index contributed by atoms with van der Waals surface area (Å²) in [5.41, 5.74) is 0.176. The van der Waals surface area contributed by atoms with E-state index in [9.17, 15) is 19.7 Å². The van der Waals surface area contributed by atoms with E-state index in [4.69, 9.17) is 9.84 Å². The van der Waals surface area contributed by atoms with Gasteiger partial charge in [-0.2, -0.15) is 8.75 Å². The van der Waals surface area contributed by atoms with Gasteiger partial charge in [-0.15, -0.1) is 0 Å². The van der Waals surface area contributed by atoms with E-state index in [0.717, 1.165) is 17.8 Å². The maximum Gasteiger partial charge on any atom is 0.305 e. The first-order valence-electron chi connectivity index (χ1n) is 7.37. The second kappa shape index (κ2) is 6.69. The number of methoxy groups -OCH3 is 1. The lowest BCUT2D eigenvalue weighted by atomic mass is 10.1. The molecule has 1 aromatic heterocycles. The Morgan fingerprint density at radius 2 is 2.24 bits per heavy atom. The molecule has 1 N–H and O–H groups in total. The number of nitro benzene ring substituents is 1. The molecule has 2 heterocycles. The average Bonchev–Trinajstić information content (AvgIpc) is 3.18. The predicted octanol–water partition coefficient (Wildman–Crippen LogP) is 1.30. The number of ether oxygens (including phenoxy) is 1. The molecule has 11 heteroatoms. The number of amides is 1. The number of non-ortho nitro benzene ring substituents is 1. The highest BCUT2D eigenvalue weighted by atomic mass is 32.1. The van der Waals surface area contributed by atoms with Crippen LogP contribution in [0.25, 0.3) is 11.0 Å². The molecule has 10 nitrogen and oxygen atoms in total. The molecule has 1 fully saturated rings.